The van der Waals surface area contributed by atoms with Gasteiger partial charge in [-0.2, -0.15) is 5.10 Å². The molecule has 1 amide bonds. The third-order valence-electron chi connectivity index (χ3n) is 2.99. The summed E-state index contributed by atoms with van der Waals surface area (Å²) in [5, 5.41) is 3.93. The van der Waals surface area contributed by atoms with Crippen LogP contribution in [0.25, 0.3) is 0 Å². The monoisotopic (exact) mass is 312 g/mol. The number of rotatable bonds is 8. The zero-order chi connectivity index (χ0) is 16.3. The molecule has 0 radical (unpaired) electrons. The average molecular weight is 312 g/mol. The van der Waals surface area contributed by atoms with E-state index in [9.17, 15) is 4.79 Å². The minimum Gasteiger partial charge on any atom is -0.488 e. The number of carbonyl (C=O) groups excluding carboxylic acids is 1. The number of nitrogens with zero attached hydrogens (tertiary/aromatic N) is 1. The molecule has 0 fully saturated rings. The predicted octanol–water partition coefficient (Wildman–Crippen LogP) is 2.75. The second-order valence-electron chi connectivity index (χ2n) is 4.74. The fourth-order valence-electron chi connectivity index (χ4n) is 1.85. The molecule has 0 aliphatic heterocycles. The zero-order valence-electron chi connectivity index (χ0n) is 13.1. The van der Waals surface area contributed by atoms with Crippen LogP contribution < -0.4 is 10.2 Å². The highest BCUT2D eigenvalue weighted by molar-refractivity contribution is 5.85. The number of carbonyl (C=O) groups is 1. The van der Waals surface area contributed by atoms with Gasteiger partial charge in [-0.3, -0.25) is 4.79 Å². The minimum absolute atomic E-state index is 0.00000595. The largest absolute Gasteiger partial charge is 0.488 e. The molecule has 1 N–H and O–H groups in total. The summed E-state index contributed by atoms with van der Waals surface area (Å²) in [4.78, 5) is 11.4. The third kappa shape index (κ3) is 5.92. The zero-order valence-corrected chi connectivity index (χ0v) is 13.1. The Bertz CT molecular complexity index is 642. The van der Waals surface area contributed by atoms with Crippen LogP contribution in [0.15, 0.2) is 59.7 Å². The Hall–Kier alpha value is -2.66. The molecule has 0 heterocycles. The van der Waals surface area contributed by atoms with E-state index in [0.717, 1.165) is 11.1 Å². The molecule has 2 rings (SSSR count). The first kappa shape index (κ1) is 16.7. The van der Waals surface area contributed by atoms with E-state index < -0.39 is 0 Å². The molecule has 0 unspecified atom stereocenters. The van der Waals surface area contributed by atoms with Crippen LogP contribution >= 0.6 is 0 Å². The van der Waals surface area contributed by atoms with Crippen molar-refractivity contribution in [3.63, 3.8) is 0 Å². The molecular formula is C18H20N2O3. The van der Waals surface area contributed by atoms with Crippen LogP contribution in [0.1, 0.15) is 18.1 Å². The molecule has 2 aromatic carbocycles. The van der Waals surface area contributed by atoms with Crippen LogP contribution in [0, 0.1) is 0 Å². The number of nitrogens with one attached hydrogen (secondary N) is 1. The summed E-state index contributed by atoms with van der Waals surface area (Å²) in [6.45, 7) is 2.80. The van der Waals surface area contributed by atoms with E-state index in [-0.39, 0.29) is 12.5 Å². The van der Waals surface area contributed by atoms with Crippen molar-refractivity contribution in [2.45, 2.75) is 13.5 Å². The Balaban J connectivity index is 1.93. The molecule has 0 atom stereocenters. The molecule has 0 aliphatic rings. The number of para-hydroxylation sites is 1. The highest BCUT2D eigenvalue weighted by atomic mass is 16.5. The first-order valence-corrected chi connectivity index (χ1v) is 7.45. The van der Waals surface area contributed by atoms with Crippen LogP contribution in [0.4, 0.5) is 0 Å². The van der Waals surface area contributed by atoms with Crippen LogP contribution in [0.5, 0.6) is 5.75 Å². The van der Waals surface area contributed by atoms with Crippen LogP contribution in [0.2, 0.25) is 0 Å². The van der Waals surface area contributed by atoms with Gasteiger partial charge in [0.25, 0.3) is 5.91 Å². The fourth-order valence-corrected chi connectivity index (χ4v) is 1.85. The standard InChI is InChI=1S/C18H20N2O3/c1-2-22-14-18(21)20-19-12-16-10-6-7-11-17(16)23-13-15-8-4-3-5-9-15/h3-12H,2,13-14H2,1H3,(H,20,21)/b19-12+. The van der Waals surface area contributed by atoms with E-state index in [0.29, 0.717) is 19.0 Å². The van der Waals surface area contributed by atoms with E-state index >= 15 is 0 Å². The summed E-state index contributed by atoms with van der Waals surface area (Å²) >= 11 is 0. The molecular weight excluding hydrogens is 292 g/mol. The van der Waals surface area contributed by atoms with Crippen molar-refractivity contribution in [2.75, 3.05) is 13.2 Å². The molecule has 0 aromatic heterocycles. The lowest BCUT2D eigenvalue weighted by atomic mass is 10.2. The molecule has 23 heavy (non-hydrogen) atoms. The molecule has 0 saturated carbocycles. The Morgan fingerprint density at radius 1 is 1.13 bits per heavy atom. The molecule has 0 aliphatic carbocycles. The van der Waals surface area contributed by atoms with Gasteiger partial charge in [-0.15, -0.1) is 0 Å². The van der Waals surface area contributed by atoms with Gasteiger partial charge >= 0.3 is 0 Å². The number of benzene rings is 2. The van der Waals surface area contributed by atoms with Gasteiger partial charge in [0.15, 0.2) is 0 Å². The SMILES string of the molecule is CCOCC(=O)N/N=C/c1ccccc1OCc1ccccc1. The molecule has 0 spiro atoms. The summed E-state index contributed by atoms with van der Waals surface area (Å²) in [6.07, 6.45) is 1.56. The van der Waals surface area contributed by atoms with E-state index in [2.05, 4.69) is 10.5 Å². The lowest BCUT2D eigenvalue weighted by Crippen LogP contribution is -2.22. The van der Waals surface area contributed by atoms with E-state index in [1.54, 1.807) is 6.21 Å². The quantitative estimate of drug-likeness (QED) is 0.602. The fraction of sp³-hybridized carbons (Fsp3) is 0.222. The maximum Gasteiger partial charge on any atom is 0.266 e. The summed E-state index contributed by atoms with van der Waals surface area (Å²) in [5.74, 6) is 0.421. The van der Waals surface area contributed by atoms with Gasteiger partial charge in [-0.1, -0.05) is 42.5 Å². The van der Waals surface area contributed by atoms with Crippen molar-refractivity contribution in [3.05, 3.63) is 65.7 Å². The molecule has 120 valence electrons. The van der Waals surface area contributed by atoms with Crippen molar-refractivity contribution in [1.29, 1.82) is 0 Å². The van der Waals surface area contributed by atoms with Crippen molar-refractivity contribution < 1.29 is 14.3 Å². The highest BCUT2D eigenvalue weighted by Gasteiger charge is 2.02. The van der Waals surface area contributed by atoms with Crippen LogP contribution in [-0.2, 0) is 16.1 Å². The average Bonchev–Trinajstić information content (AvgIpc) is 2.60. The molecule has 5 heteroatoms. The Labute approximate surface area is 135 Å². The number of ether oxygens (including phenoxy) is 2. The van der Waals surface area contributed by atoms with Gasteiger partial charge in [0.2, 0.25) is 0 Å². The van der Waals surface area contributed by atoms with Crippen LogP contribution in [0.3, 0.4) is 0 Å². The van der Waals surface area contributed by atoms with Crippen molar-refractivity contribution in [1.82, 2.24) is 5.43 Å². The van der Waals surface area contributed by atoms with Crippen LogP contribution in [-0.4, -0.2) is 25.3 Å². The summed E-state index contributed by atoms with van der Waals surface area (Å²) < 4.78 is 10.8. The lowest BCUT2D eigenvalue weighted by molar-refractivity contribution is -0.125. The molecule has 5 nitrogen and oxygen atoms in total. The topological polar surface area (TPSA) is 59.9 Å². The highest BCUT2D eigenvalue weighted by Crippen LogP contribution is 2.17. The van der Waals surface area contributed by atoms with Gasteiger partial charge in [0.1, 0.15) is 19.0 Å². The van der Waals surface area contributed by atoms with Crippen molar-refractivity contribution in [2.24, 2.45) is 5.10 Å². The minimum atomic E-state index is -0.286. The number of amides is 1. The lowest BCUT2D eigenvalue weighted by Gasteiger charge is -2.09. The van der Waals surface area contributed by atoms with Gasteiger partial charge < -0.3 is 9.47 Å². The normalized spacial score (nSPS) is 10.7. The maximum absolute atomic E-state index is 11.4. The van der Waals surface area contributed by atoms with Gasteiger partial charge in [0.05, 0.1) is 6.21 Å². The third-order valence-corrected chi connectivity index (χ3v) is 2.99. The van der Waals surface area contributed by atoms with E-state index in [1.165, 1.54) is 0 Å². The first-order chi connectivity index (χ1) is 11.3. The predicted molar refractivity (Wildman–Crippen MR) is 89.4 cm³/mol. The van der Waals surface area contributed by atoms with Gasteiger partial charge in [0, 0.05) is 12.2 Å². The Kier molecular flexibility index (Phi) is 6.81. The van der Waals surface area contributed by atoms with Gasteiger partial charge in [-0.25, -0.2) is 5.43 Å². The van der Waals surface area contributed by atoms with Crippen molar-refractivity contribution >= 4 is 12.1 Å². The Morgan fingerprint density at radius 2 is 1.87 bits per heavy atom. The molecule has 0 saturated heterocycles. The van der Waals surface area contributed by atoms with E-state index in [1.807, 2.05) is 61.5 Å². The summed E-state index contributed by atoms with van der Waals surface area (Å²) in [5.41, 5.74) is 4.30. The smallest absolute Gasteiger partial charge is 0.266 e. The maximum atomic E-state index is 11.4. The molecule has 0 bridgehead atoms. The Morgan fingerprint density at radius 3 is 2.65 bits per heavy atom. The summed E-state index contributed by atoms with van der Waals surface area (Å²) in [7, 11) is 0. The first-order valence-electron chi connectivity index (χ1n) is 7.45. The van der Waals surface area contributed by atoms with Crippen molar-refractivity contribution in [3.8, 4) is 5.75 Å². The number of hydrogen-bond donors (Lipinski definition) is 1. The summed E-state index contributed by atoms with van der Waals surface area (Å²) in [6, 6.07) is 17.4. The second kappa shape index (κ2) is 9.38. The second-order valence-corrected chi connectivity index (χ2v) is 4.74. The van der Waals surface area contributed by atoms with Gasteiger partial charge in [-0.05, 0) is 24.6 Å². The molecule has 2 aromatic rings. The number of hydrogen-bond acceptors (Lipinski definition) is 4. The number of hydrazone groups is 1. The van der Waals surface area contributed by atoms with E-state index in [4.69, 9.17) is 9.47 Å².